The van der Waals surface area contributed by atoms with Gasteiger partial charge in [-0.15, -0.1) is 0 Å². The number of methoxy groups -OCH3 is 2. The predicted molar refractivity (Wildman–Crippen MR) is 117 cm³/mol. The molecule has 2 aromatic rings. The Morgan fingerprint density at radius 1 is 1.03 bits per heavy atom. The number of rotatable bonds is 6. The maximum Gasteiger partial charge on any atom is 0.325 e. The van der Waals surface area contributed by atoms with E-state index in [1.807, 2.05) is 0 Å². The van der Waals surface area contributed by atoms with Gasteiger partial charge >= 0.3 is 6.03 Å². The van der Waals surface area contributed by atoms with Crippen LogP contribution in [0, 0.1) is 0 Å². The van der Waals surface area contributed by atoms with Gasteiger partial charge in [0.25, 0.3) is 5.91 Å². The minimum atomic E-state index is -1.39. The molecular weight excluding hydrogens is 469 g/mol. The molecule has 2 aromatic carbocycles. The van der Waals surface area contributed by atoms with E-state index in [-0.39, 0.29) is 20.8 Å². The Morgan fingerprint density at radius 3 is 2.32 bits per heavy atom. The summed E-state index contributed by atoms with van der Waals surface area (Å²) in [6.45, 7) is 1.02. The van der Waals surface area contributed by atoms with Gasteiger partial charge in [-0.05, 0) is 36.8 Å². The van der Waals surface area contributed by atoms with Gasteiger partial charge in [0, 0.05) is 0 Å². The molecule has 1 aliphatic heterocycles. The Kier molecular flexibility index (Phi) is 6.54. The topological polar surface area (TPSA) is 97.0 Å². The molecule has 0 bridgehead atoms. The maximum absolute atomic E-state index is 13.1. The number of urea groups is 1. The second kappa shape index (κ2) is 8.82. The van der Waals surface area contributed by atoms with Gasteiger partial charge in [-0.1, -0.05) is 40.9 Å². The van der Waals surface area contributed by atoms with Crippen molar-refractivity contribution in [3.05, 3.63) is 51.0 Å². The summed E-state index contributed by atoms with van der Waals surface area (Å²) in [4.78, 5) is 38.9. The first-order valence-corrected chi connectivity index (χ1v) is 10.0. The third-order valence-corrected chi connectivity index (χ3v) is 5.86. The Labute approximate surface area is 193 Å². The number of halogens is 3. The molecule has 3 rings (SSSR count). The van der Waals surface area contributed by atoms with Crippen LogP contribution >= 0.6 is 34.8 Å². The number of hydrogen-bond donors (Lipinski definition) is 2. The van der Waals surface area contributed by atoms with E-state index in [4.69, 9.17) is 44.3 Å². The van der Waals surface area contributed by atoms with E-state index < -0.39 is 29.9 Å². The minimum Gasteiger partial charge on any atom is -0.493 e. The third-order valence-electron chi connectivity index (χ3n) is 4.82. The van der Waals surface area contributed by atoms with Crippen molar-refractivity contribution >= 4 is 58.3 Å². The Balaban J connectivity index is 1.80. The summed E-state index contributed by atoms with van der Waals surface area (Å²) in [5.41, 5.74) is -0.715. The van der Waals surface area contributed by atoms with Crippen molar-refractivity contribution < 1.29 is 23.9 Å². The molecule has 2 N–H and O–H groups in total. The molecule has 1 saturated heterocycles. The lowest BCUT2D eigenvalue weighted by atomic mass is 9.91. The Bertz CT molecular complexity index is 1080. The van der Waals surface area contributed by atoms with Crippen LogP contribution in [0.5, 0.6) is 11.5 Å². The number of amides is 4. The fourth-order valence-electron chi connectivity index (χ4n) is 3.14. The molecule has 4 amide bonds. The molecule has 0 aromatic heterocycles. The summed E-state index contributed by atoms with van der Waals surface area (Å²) in [6.07, 6.45) is 0. The van der Waals surface area contributed by atoms with Crippen molar-refractivity contribution in [2.75, 3.05) is 26.1 Å². The fourth-order valence-corrected chi connectivity index (χ4v) is 3.73. The Morgan fingerprint density at radius 2 is 1.68 bits per heavy atom. The number of hydrogen-bond acceptors (Lipinski definition) is 5. The highest BCUT2D eigenvalue weighted by Crippen LogP contribution is 2.36. The number of ether oxygens (including phenoxy) is 2. The molecule has 0 aliphatic carbocycles. The van der Waals surface area contributed by atoms with Crippen molar-refractivity contribution in [1.29, 1.82) is 0 Å². The van der Waals surface area contributed by atoms with Gasteiger partial charge in [0.05, 0.1) is 35.0 Å². The normalized spacial score (nSPS) is 18.1. The van der Waals surface area contributed by atoms with E-state index in [9.17, 15) is 14.4 Å². The minimum absolute atomic E-state index is 0.162. The predicted octanol–water partition coefficient (Wildman–Crippen LogP) is 4.07. The van der Waals surface area contributed by atoms with Crippen LogP contribution in [0.3, 0.4) is 0 Å². The molecule has 1 fully saturated rings. The van der Waals surface area contributed by atoms with Gasteiger partial charge in [-0.25, -0.2) is 4.79 Å². The van der Waals surface area contributed by atoms with Gasteiger partial charge in [0.2, 0.25) is 5.91 Å². The van der Waals surface area contributed by atoms with Crippen LogP contribution in [-0.2, 0) is 15.1 Å². The quantitative estimate of drug-likeness (QED) is 0.474. The van der Waals surface area contributed by atoms with Crippen LogP contribution in [-0.4, -0.2) is 43.5 Å². The second-order valence-corrected chi connectivity index (χ2v) is 8.03. The molecule has 1 aliphatic rings. The van der Waals surface area contributed by atoms with E-state index >= 15 is 0 Å². The van der Waals surface area contributed by atoms with Crippen LogP contribution in [0.25, 0.3) is 0 Å². The Hall–Kier alpha value is -2.68. The van der Waals surface area contributed by atoms with Crippen molar-refractivity contribution in [3.8, 4) is 11.5 Å². The van der Waals surface area contributed by atoms with Gasteiger partial charge in [0.1, 0.15) is 12.1 Å². The number of carbonyl (C=O) groups is 3. The van der Waals surface area contributed by atoms with E-state index in [1.165, 1.54) is 26.4 Å². The summed E-state index contributed by atoms with van der Waals surface area (Å²) < 4.78 is 10.5. The summed E-state index contributed by atoms with van der Waals surface area (Å²) in [5, 5.41) is 5.73. The van der Waals surface area contributed by atoms with Crippen molar-refractivity contribution in [2.24, 2.45) is 0 Å². The summed E-state index contributed by atoms with van der Waals surface area (Å²) >= 11 is 17.9. The van der Waals surface area contributed by atoms with Crippen molar-refractivity contribution in [2.45, 2.75) is 12.5 Å². The first-order valence-electron chi connectivity index (χ1n) is 8.91. The third kappa shape index (κ3) is 4.37. The van der Waals surface area contributed by atoms with Crippen molar-refractivity contribution in [3.63, 3.8) is 0 Å². The number of imide groups is 1. The standard InChI is InChI=1S/C20H18Cl3N3O5/c1-20(10-4-5-15(30-2)16(6-10)31-3)18(28)26(19(29)25-20)9-17(27)24-14-8-12(22)11(21)7-13(14)23/h4-8H,9H2,1-3H3,(H,24,27)(H,25,29). The summed E-state index contributed by atoms with van der Waals surface area (Å²) in [7, 11) is 2.95. The van der Waals surface area contributed by atoms with Crippen LogP contribution in [0.15, 0.2) is 30.3 Å². The largest absolute Gasteiger partial charge is 0.493 e. The molecule has 11 heteroatoms. The van der Waals surface area contributed by atoms with Gasteiger partial charge in [-0.2, -0.15) is 0 Å². The zero-order valence-electron chi connectivity index (χ0n) is 16.7. The lowest BCUT2D eigenvalue weighted by Gasteiger charge is -2.23. The second-order valence-electron chi connectivity index (χ2n) is 6.81. The fraction of sp³-hybridized carbons (Fsp3) is 0.250. The van der Waals surface area contributed by atoms with E-state index in [2.05, 4.69) is 10.6 Å². The average Bonchev–Trinajstić information content (AvgIpc) is 2.95. The zero-order valence-corrected chi connectivity index (χ0v) is 19.0. The first kappa shape index (κ1) is 23.0. The lowest BCUT2D eigenvalue weighted by Crippen LogP contribution is -2.42. The number of carbonyl (C=O) groups excluding carboxylic acids is 3. The van der Waals surface area contributed by atoms with Gasteiger partial charge in [0.15, 0.2) is 11.5 Å². The van der Waals surface area contributed by atoms with E-state index in [1.54, 1.807) is 25.1 Å². The number of nitrogens with one attached hydrogen (secondary N) is 2. The average molecular weight is 487 g/mol. The van der Waals surface area contributed by atoms with Crippen LogP contribution in [0.2, 0.25) is 15.1 Å². The molecular formula is C20H18Cl3N3O5. The molecule has 1 atom stereocenters. The highest BCUT2D eigenvalue weighted by Gasteiger charge is 2.49. The van der Waals surface area contributed by atoms with Crippen LogP contribution < -0.4 is 20.1 Å². The summed E-state index contributed by atoms with van der Waals surface area (Å²) in [6, 6.07) is 6.90. The monoisotopic (exact) mass is 485 g/mol. The first-order chi connectivity index (χ1) is 14.6. The molecule has 0 saturated carbocycles. The molecule has 31 heavy (non-hydrogen) atoms. The highest BCUT2D eigenvalue weighted by molar-refractivity contribution is 6.44. The molecule has 164 valence electrons. The highest BCUT2D eigenvalue weighted by atomic mass is 35.5. The molecule has 0 radical (unpaired) electrons. The number of benzene rings is 2. The van der Waals surface area contributed by atoms with Crippen LogP contribution in [0.1, 0.15) is 12.5 Å². The SMILES string of the molecule is COc1ccc(C2(C)NC(=O)N(CC(=O)Nc3cc(Cl)c(Cl)cc3Cl)C2=O)cc1OC. The lowest BCUT2D eigenvalue weighted by molar-refractivity contribution is -0.133. The summed E-state index contributed by atoms with van der Waals surface area (Å²) in [5.74, 6) is -0.365. The van der Waals surface area contributed by atoms with Gasteiger partial charge < -0.3 is 20.1 Å². The number of nitrogens with zero attached hydrogens (tertiary/aromatic N) is 1. The molecule has 1 heterocycles. The smallest absolute Gasteiger partial charge is 0.325 e. The van der Waals surface area contributed by atoms with E-state index in [0.29, 0.717) is 17.1 Å². The zero-order chi connectivity index (χ0) is 22.9. The van der Waals surface area contributed by atoms with Crippen molar-refractivity contribution in [1.82, 2.24) is 10.2 Å². The maximum atomic E-state index is 13.1. The molecule has 0 spiro atoms. The molecule has 8 nitrogen and oxygen atoms in total. The van der Waals surface area contributed by atoms with E-state index in [0.717, 1.165) is 4.90 Å². The molecule has 1 unspecified atom stereocenters. The number of anilines is 1. The van der Waals surface area contributed by atoms with Crippen LogP contribution in [0.4, 0.5) is 10.5 Å². The van der Waals surface area contributed by atoms with Gasteiger partial charge in [-0.3, -0.25) is 14.5 Å².